The highest BCUT2D eigenvalue weighted by molar-refractivity contribution is 5.57. The lowest BCUT2D eigenvalue weighted by molar-refractivity contribution is -0.137. The van der Waals surface area contributed by atoms with Crippen LogP contribution in [0.5, 0.6) is 0 Å². The number of benzene rings is 1. The van der Waals surface area contributed by atoms with E-state index < -0.39 is 17.3 Å². The number of aromatic nitrogens is 2. The molecule has 3 rings (SSSR count). The minimum atomic E-state index is -4.38. The second kappa shape index (κ2) is 5.31. The molecule has 0 bridgehead atoms. The SMILES string of the molecule is OC1(c2cc(Nc3cccc(C(F)(F)F)c3)n[nH]2)CCCC1. The zero-order valence-corrected chi connectivity index (χ0v) is 11.7. The van der Waals surface area contributed by atoms with Crippen molar-refractivity contribution in [1.82, 2.24) is 10.2 Å². The standard InChI is InChI=1S/C15H16F3N3O/c16-15(17,18)10-4-3-5-11(8-10)19-13-9-12(20-21-13)14(22)6-1-2-7-14/h3-5,8-9,22H,1-2,6-7H2,(H2,19,20,21). The van der Waals surface area contributed by atoms with Gasteiger partial charge in [0.25, 0.3) is 0 Å². The first-order chi connectivity index (χ1) is 10.4. The highest BCUT2D eigenvalue weighted by atomic mass is 19.4. The smallest absolute Gasteiger partial charge is 0.384 e. The molecular formula is C15H16F3N3O. The van der Waals surface area contributed by atoms with Crippen molar-refractivity contribution in [1.29, 1.82) is 0 Å². The minimum Gasteiger partial charge on any atom is -0.384 e. The Hall–Kier alpha value is -2.02. The quantitative estimate of drug-likeness (QED) is 0.805. The summed E-state index contributed by atoms with van der Waals surface area (Å²) in [6.45, 7) is 0. The summed E-state index contributed by atoms with van der Waals surface area (Å²) in [6, 6.07) is 6.56. The number of H-pyrrole nitrogens is 1. The van der Waals surface area contributed by atoms with Crippen molar-refractivity contribution < 1.29 is 18.3 Å². The molecule has 0 saturated heterocycles. The first-order valence-electron chi connectivity index (χ1n) is 7.09. The molecule has 1 aromatic heterocycles. The molecule has 1 aliphatic rings. The number of aliphatic hydroxyl groups is 1. The van der Waals surface area contributed by atoms with E-state index in [2.05, 4.69) is 15.5 Å². The highest BCUT2D eigenvalue weighted by Crippen LogP contribution is 2.38. The summed E-state index contributed by atoms with van der Waals surface area (Å²) in [5.41, 5.74) is -0.728. The molecule has 22 heavy (non-hydrogen) atoms. The van der Waals surface area contributed by atoms with Gasteiger partial charge in [-0.15, -0.1) is 0 Å². The van der Waals surface area contributed by atoms with Gasteiger partial charge in [0.15, 0.2) is 5.82 Å². The second-order valence-electron chi connectivity index (χ2n) is 5.61. The molecule has 1 aromatic carbocycles. The molecule has 0 atom stereocenters. The number of rotatable bonds is 3. The molecule has 2 aromatic rings. The molecule has 3 N–H and O–H groups in total. The fraction of sp³-hybridized carbons (Fsp3) is 0.400. The van der Waals surface area contributed by atoms with Crippen molar-refractivity contribution in [2.45, 2.75) is 37.5 Å². The summed E-state index contributed by atoms with van der Waals surface area (Å²) < 4.78 is 38.0. The van der Waals surface area contributed by atoms with Gasteiger partial charge >= 0.3 is 6.18 Å². The number of nitrogens with one attached hydrogen (secondary N) is 2. The molecule has 1 heterocycles. The molecule has 0 aliphatic heterocycles. The number of alkyl halides is 3. The third-order valence-electron chi connectivity index (χ3n) is 3.97. The summed E-state index contributed by atoms with van der Waals surface area (Å²) in [4.78, 5) is 0. The van der Waals surface area contributed by atoms with Crippen LogP contribution in [0.15, 0.2) is 30.3 Å². The largest absolute Gasteiger partial charge is 0.416 e. The maximum Gasteiger partial charge on any atom is 0.416 e. The molecular weight excluding hydrogens is 295 g/mol. The molecule has 1 aliphatic carbocycles. The van der Waals surface area contributed by atoms with E-state index in [9.17, 15) is 18.3 Å². The Morgan fingerprint density at radius 2 is 1.91 bits per heavy atom. The molecule has 118 valence electrons. The van der Waals surface area contributed by atoms with Crippen molar-refractivity contribution in [3.63, 3.8) is 0 Å². The van der Waals surface area contributed by atoms with E-state index in [1.807, 2.05) is 0 Å². The van der Waals surface area contributed by atoms with Crippen LogP contribution < -0.4 is 5.32 Å². The summed E-state index contributed by atoms with van der Waals surface area (Å²) in [5, 5.41) is 20.1. The fourth-order valence-corrected chi connectivity index (χ4v) is 2.77. The third kappa shape index (κ3) is 2.94. The van der Waals surface area contributed by atoms with Gasteiger partial charge in [-0.05, 0) is 31.0 Å². The number of nitrogens with zero attached hydrogens (tertiary/aromatic N) is 1. The van der Waals surface area contributed by atoms with Gasteiger partial charge in [-0.25, -0.2) is 0 Å². The van der Waals surface area contributed by atoms with Gasteiger partial charge in [0.05, 0.1) is 11.3 Å². The van der Waals surface area contributed by atoms with Gasteiger partial charge in [-0.2, -0.15) is 18.3 Å². The Balaban J connectivity index is 1.78. The van der Waals surface area contributed by atoms with E-state index >= 15 is 0 Å². The Morgan fingerprint density at radius 1 is 1.18 bits per heavy atom. The third-order valence-corrected chi connectivity index (χ3v) is 3.97. The topological polar surface area (TPSA) is 60.9 Å². The second-order valence-corrected chi connectivity index (χ2v) is 5.61. The zero-order valence-electron chi connectivity index (χ0n) is 11.7. The van der Waals surface area contributed by atoms with E-state index in [0.29, 0.717) is 30.0 Å². The average Bonchev–Trinajstić information content (AvgIpc) is 3.08. The maximum atomic E-state index is 12.7. The van der Waals surface area contributed by atoms with E-state index in [-0.39, 0.29) is 0 Å². The summed E-state index contributed by atoms with van der Waals surface area (Å²) in [7, 11) is 0. The van der Waals surface area contributed by atoms with Crippen LogP contribution in [-0.4, -0.2) is 15.3 Å². The molecule has 0 spiro atoms. The van der Waals surface area contributed by atoms with Crippen molar-refractivity contribution in [3.05, 3.63) is 41.6 Å². The molecule has 0 radical (unpaired) electrons. The number of hydrogen-bond donors (Lipinski definition) is 3. The van der Waals surface area contributed by atoms with Crippen molar-refractivity contribution >= 4 is 11.5 Å². The van der Waals surface area contributed by atoms with Crippen LogP contribution in [0.3, 0.4) is 0 Å². The van der Waals surface area contributed by atoms with Crippen LogP contribution >= 0.6 is 0 Å². The lowest BCUT2D eigenvalue weighted by Crippen LogP contribution is -2.21. The first kappa shape index (κ1) is 14.9. The molecule has 4 nitrogen and oxygen atoms in total. The Morgan fingerprint density at radius 3 is 2.59 bits per heavy atom. The zero-order chi connectivity index (χ0) is 15.8. The molecule has 0 amide bonds. The van der Waals surface area contributed by atoms with Crippen LogP contribution in [-0.2, 0) is 11.8 Å². The van der Waals surface area contributed by atoms with Gasteiger partial charge in [0.1, 0.15) is 5.60 Å². The summed E-state index contributed by atoms with van der Waals surface area (Å²) in [5.74, 6) is 0.384. The molecule has 1 fully saturated rings. The maximum absolute atomic E-state index is 12.7. The number of hydrogen-bond acceptors (Lipinski definition) is 3. The van der Waals surface area contributed by atoms with Gasteiger partial charge in [0, 0.05) is 11.8 Å². The van der Waals surface area contributed by atoms with Gasteiger partial charge < -0.3 is 10.4 Å². The average molecular weight is 311 g/mol. The molecule has 7 heteroatoms. The van der Waals surface area contributed by atoms with Crippen molar-refractivity contribution in [2.75, 3.05) is 5.32 Å². The van der Waals surface area contributed by atoms with E-state index in [1.165, 1.54) is 12.1 Å². The van der Waals surface area contributed by atoms with Gasteiger partial charge in [-0.3, -0.25) is 5.10 Å². The van der Waals surface area contributed by atoms with Crippen molar-refractivity contribution in [3.8, 4) is 0 Å². The Kier molecular flexibility index (Phi) is 3.60. The highest BCUT2D eigenvalue weighted by Gasteiger charge is 2.35. The summed E-state index contributed by atoms with van der Waals surface area (Å²) in [6.07, 6.45) is -1.15. The lowest BCUT2D eigenvalue weighted by atomic mass is 9.98. The lowest BCUT2D eigenvalue weighted by Gasteiger charge is -2.19. The number of aromatic amines is 1. The fourth-order valence-electron chi connectivity index (χ4n) is 2.77. The number of anilines is 2. The molecule has 1 saturated carbocycles. The molecule has 0 unspecified atom stereocenters. The predicted octanol–water partition coefficient (Wildman–Crippen LogP) is 3.93. The summed E-state index contributed by atoms with van der Waals surface area (Å²) >= 11 is 0. The van der Waals surface area contributed by atoms with Crippen LogP contribution in [0.2, 0.25) is 0 Å². The Bertz CT molecular complexity index is 660. The van der Waals surface area contributed by atoms with E-state index in [0.717, 1.165) is 25.0 Å². The van der Waals surface area contributed by atoms with Gasteiger partial charge in [-0.1, -0.05) is 18.9 Å². The monoisotopic (exact) mass is 311 g/mol. The van der Waals surface area contributed by atoms with Crippen molar-refractivity contribution in [2.24, 2.45) is 0 Å². The Labute approximate surface area is 125 Å². The van der Waals surface area contributed by atoms with Crippen LogP contribution in [0, 0.1) is 0 Å². The predicted molar refractivity (Wildman–Crippen MR) is 75.7 cm³/mol. The van der Waals surface area contributed by atoms with Crippen LogP contribution in [0.4, 0.5) is 24.7 Å². The first-order valence-corrected chi connectivity index (χ1v) is 7.09. The van der Waals surface area contributed by atoms with Crippen LogP contribution in [0.25, 0.3) is 0 Å². The van der Waals surface area contributed by atoms with Gasteiger partial charge in [0.2, 0.25) is 0 Å². The normalized spacial score (nSPS) is 17.6. The van der Waals surface area contributed by atoms with E-state index in [4.69, 9.17) is 0 Å². The van der Waals surface area contributed by atoms with E-state index in [1.54, 1.807) is 6.07 Å². The number of halogens is 3. The minimum absolute atomic E-state index is 0.297. The van der Waals surface area contributed by atoms with Crippen LogP contribution in [0.1, 0.15) is 36.9 Å².